The van der Waals surface area contributed by atoms with E-state index in [4.69, 9.17) is 5.73 Å². The molecule has 1 amide bonds. The van der Waals surface area contributed by atoms with Crippen LogP contribution in [0.15, 0.2) is 0 Å². The second-order valence-corrected chi connectivity index (χ2v) is 7.60. The number of aryl methyl sites for hydroxylation is 3. The molecule has 2 heterocycles. The van der Waals surface area contributed by atoms with Gasteiger partial charge in [0.05, 0.1) is 0 Å². The Kier molecular flexibility index (Phi) is 6.06. The van der Waals surface area contributed by atoms with Gasteiger partial charge in [0.25, 0.3) is 0 Å². The van der Waals surface area contributed by atoms with Crippen LogP contribution in [0.2, 0.25) is 0 Å². The second kappa shape index (κ2) is 8.27. The lowest BCUT2D eigenvalue weighted by Gasteiger charge is -2.29. The maximum atomic E-state index is 12.3. The molecule has 25 heavy (non-hydrogen) atoms. The van der Waals surface area contributed by atoms with Crippen molar-refractivity contribution in [3.8, 4) is 0 Å². The van der Waals surface area contributed by atoms with Gasteiger partial charge in [0.15, 0.2) is 0 Å². The Morgan fingerprint density at radius 2 is 2.00 bits per heavy atom. The van der Waals surface area contributed by atoms with Crippen LogP contribution in [0.5, 0.6) is 0 Å². The molecule has 0 bridgehead atoms. The number of carbonyl (C=O) groups excluding carboxylic acids is 1. The number of nitrogens with zero attached hydrogens (tertiary/aromatic N) is 4. The Bertz CT molecular complexity index is 582. The molecule has 2 atom stereocenters. The van der Waals surface area contributed by atoms with Gasteiger partial charge in [-0.05, 0) is 51.9 Å². The van der Waals surface area contributed by atoms with Crippen LogP contribution in [-0.2, 0) is 11.3 Å². The fraction of sp³-hybridized carbons (Fsp3) is 0.833. The molecule has 0 radical (unpaired) electrons. The highest BCUT2D eigenvalue weighted by molar-refractivity contribution is 5.76. The van der Waals surface area contributed by atoms with Crippen LogP contribution in [0.4, 0.5) is 0 Å². The number of aromatic nitrogens is 3. The van der Waals surface area contributed by atoms with Gasteiger partial charge in [-0.1, -0.05) is 0 Å². The Morgan fingerprint density at radius 1 is 1.24 bits per heavy atom. The zero-order chi connectivity index (χ0) is 17.8. The van der Waals surface area contributed by atoms with Crippen molar-refractivity contribution in [3.63, 3.8) is 0 Å². The molecule has 0 aromatic carbocycles. The van der Waals surface area contributed by atoms with E-state index in [1.54, 1.807) is 0 Å². The third-order valence-electron chi connectivity index (χ3n) is 5.46. The van der Waals surface area contributed by atoms with Crippen LogP contribution in [-0.4, -0.2) is 57.3 Å². The molecule has 1 saturated heterocycles. The van der Waals surface area contributed by atoms with Gasteiger partial charge in [0.2, 0.25) is 5.91 Å². The molecule has 1 aromatic heterocycles. The zero-order valence-corrected chi connectivity index (χ0v) is 15.6. The number of likely N-dealkylation sites (tertiary alicyclic amines) is 1. The minimum absolute atomic E-state index is 0.162. The topological polar surface area (TPSA) is 89.1 Å². The average Bonchev–Trinajstić information content (AvgIpc) is 3.23. The first-order chi connectivity index (χ1) is 12.1. The molecule has 1 saturated carbocycles. The van der Waals surface area contributed by atoms with E-state index in [2.05, 4.69) is 20.3 Å². The standard InChI is InChI=1S/C18H32N6O/c1-13-21-14(2)24(22-13)9-3-8-20-18(25)10-16-6-7-17(11-19)23(16)12-15-4-5-15/h15-17H,3-12,19H2,1-2H3,(H,20,25)/t16-,17+/m0/s1. The molecule has 1 aliphatic heterocycles. The van der Waals surface area contributed by atoms with Gasteiger partial charge in [0.1, 0.15) is 11.6 Å². The van der Waals surface area contributed by atoms with Crippen molar-refractivity contribution >= 4 is 5.91 Å². The van der Waals surface area contributed by atoms with Gasteiger partial charge in [0, 0.05) is 44.7 Å². The summed E-state index contributed by atoms with van der Waals surface area (Å²) in [6.45, 7) is 7.17. The number of carbonyl (C=O) groups is 1. The smallest absolute Gasteiger partial charge is 0.221 e. The minimum atomic E-state index is 0.162. The number of hydrogen-bond acceptors (Lipinski definition) is 5. The molecule has 2 aliphatic rings. The van der Waals surface area contributed by atoms with Crippen molar-refractivity contribution in [1.29, 1.82) is 0 Å². The molecule has 1 aromatic rings. The number of nitrogens with one attached hydrogen (secondary N) is 1. The van der Waals surface area contributed by atoms with E-state index in [0.29, 0.717) is 31.6 Å². The molecule has 0 spiro atoms. The van der Waals surface area contributed by atoms with E-state index >= 15 is 0 Å². The molecular weight excluding hydrogens is 316 g/mol. The summed E-state index contributed by atoms with van der Waals surface area (Å²) in [5.74, 6) is 2.73. The average molecular weight is 348 g/mol. The lowest BCUT2D eigenvalue weighted by molar-refractivity contribution is -0.122. The van der Waals surface area contributed by atoms with Gasteiger partial charge in [-0.25, -0.2) is 4.98 Å². The van der Waals surface area contributed by atoms with Crippen molar-refractivity contribution in [2.45, 2.75) is 71.0 Å². The van der Waals surface area contributed by atoms with Crippen molar-refractivity contribution in [1.82, 2.24) is 25.0 Å². The molecular formula is C18H32N6O. The molecule has 140 valence electrons. The summed E-state index contributed by atoms with van der Waals surface area (Å²) < 4.78 is 1.90. The molecule has 7 heteroatoms. The molecule has 3 N–H and O–H groups in total. The summed E-state index contributed by atoms with van der Waals surface area (Å²) in [6.07, 6.45) is 6.38. The largest absolute Gasteiger partial charge is 0.356 e. The summed E-state index contributed by atoms with van der Waals surface area (Å²) in [7, 11) is 0. The Balaban J connectivity index is 1.38. The highest BCUT2D eigenvalue weighted by atomic mass is 16.1. The number of nitrogens with two attached hydrogens (primary N) is 1. The summed E-state index contributed by atoms with van der Waals surface area (Å²) in [5.41, 5.74) is 5.93. The normalized spacial score (nSPS) is 24.0. The molecule has 7 nitrogen and oxygen atoms in total. The van der Waals surface area contributed by atoms with Crippen LogP contribution >= 0.6 is 0 Å². The Hall–Kier alpha value is -1.47. The van der Waals surface area contributed by atoms with E-state index in [1.165, 1.54) is 12.8 Å². The van der Waals surface area contributed by atoms with Crippen molar-refractivity contribution < 1.29 is 4.79 Å². The Morgan fingerprint density at radius 3 is 2.64 bits per heavy atom. The summed E-state index contributed by atoms with van der Waals surface area (Å²) in [5, 5.41) is 7.42. The zero-order valence-electron chi connectivity index (χ0n) is 15.6. The third kappa shape index (κ3) is 5.01. The molecule has 1 aliphatic carbocycles. The molecule has 0 unspecified atom stereocenters. The SMILES string of the molecule is Cc1nc(C)n(CCCNC(=O)C[C@@H]2CC[C@H](CN)N2CC2CC2)n1. The maximum absolute atomic E-state index is 12.3. The first-order valence-corrected chi connectivity index (χ1v) is 9.67. The lowest BCUT2D eigenvalue weighted by atomic mass is 10.1. The van der Waals surface area contributed by atoms with Crippen molar-refractivity contribution in [2.75, 3.05) is 19.6 Å². The quantitative estimate of drug-likeness (QED) is 0.650. The summed E-state index contributed by atoms with van der Waals surface area (Å²) in [4.78, 5) is 19.1. The van der Waals surface area contributed by atoms with Gasteiger partial charge >= 0.3 is 0 Å². The number of rotatable bonds is 9. The van der Waals surface area contributed by atoms with Crippen molar-refractivity contribution in [2.24, 2.45) is 11.7 Å². The predicted octanol–water partition coefficient (Wildman–Crippen LogP) is 0.993. The van der Waals surface area contributed by atoms with E-state index in [9.17, 15) is 4.79 Å². The van der Waals surface area contributed by atoms with E-state index in [1.807, 2.05) is 18.5 Å². The van der Waals surface area contributed by atoms with Crippen LogP contribution in [0.25, 0.3) is 0 Å². The van der Waals surface area contributed by atoms with Crippen LogP contribution in [0.3, 0.4) is 0 Å². The lowest BCUT2D eigenvalue weighted by Crippen LogP contribution is -2.43. The van der Waals surface area contributed by atoms with Crippen LogP contribution in [0, 0.1) is 19.8 Å². The maximum Gasteiger partial charge on any atom is 0.221 e. The first kappa shape index (κ1) is 18.3. The third-order valence-corrected chi connectivity index (χ3v) is 5.46. The van der Waals surface area contributed by atoms with E-state index in [0.717, 1.165) is 49.9 Å². The van der Waals surface area contributed by atoms with E-state index in [-0.39, 0.29) is 5.91 Å². The summed E-state index contributed by atoms with van der Waals surface area (Å²) in [6, 6.07) is 0.839. The van der Waals surface area contributed by atoms with Gasteiger partial charge in [-0.3, -0.25) is 14.4 Å². The Labute approximate surface area is 150 Å². The predicted molar refractivity (Wildman–Crippen MR) is 97.0 cm³/mol. The molecule has 3 rings (SSSR count). The van der Waals surface area contributed by atoms with Crippen LogP contribution in [0.1, 0.15) is 50.2 Å². The number of hydrogen-bond donors (Lipinski definition) is 2. The van der Waals surface area contributed by atoms with Crippen molar-refractivity contribution in [3.05, 3.63) is 11.6 Å². The van der Waals surface area contributed by atoms with E-state index < -0.39 is 0 Å². The fourth-order valence-corrected chi connectivity index (χ4v) is 3.90. The van der Waals surface area contributed by atoms with Crippen LogP contribution < -0.4 is 11.1 Å². The monoisotopic (exact) mass is 348 g/mol. The second-order valence-electron chi connectivity index (χ2n) is 7.60. The first-order valence-electron chi connectivity index (χ1n) is 9.67. The summed E-state index contributed by atoms with van der Waals surface area (Å²) >= 11 is 0. The van der Waals surface area contributed by atoms with Gasteiger partial charge < -0.3 is 11.1 Å². The fourth-order valence-electron chi connectivity index (χ4n) is 3.90. The van der Waals surface area contributed by atoms with Gasteiger partial charge in [-0.15, -0.1) is 0 Å². The molecule has 2 fully saturated rings. The highest BCUT2D eigenvalue weighted by Crippen LogP contribution is 2.35. The number of amides is 1. The highest BCUT2D eigenvalue weighted by Gasteiger charge is 2.37. The van der Waals surface area contributed by atoms with Gasteiger partial charge in [-0.2, -0.15) is 5.10 Å². The minimum Gasteiger partial charge on any atom is -0.356 e.